The third kappa shape index (κ3) is 4.25. The van der Waals surface area contributed by atoms with Crippen LogP contribution >= 0.6 is 0 Å². The van der Waals surface area contributed by atoms with E-state index in [1.54, 1.807) is 6.07 Å². The number of hydrogen-bond donors (Lipinski definition) is 2. The van der Waals surface area contributed by atoms with Gasteiger partial charge in [-0.15, -0.1) is 0 Å². The number of hydrogen-bond acceptors (Lipinski definition) is 4. The number of ether oxygens (including phenoxy) is 2. The SMILES string of the molecule is NCc1cccc(-c2ccc3c(c2)C(Oc2ccccc2CC(=O)O)CCO3)c1. The molecule has 5 nitrogen and oxygen atoms in total. The molecule has 1 atom stereocenters. The van der Waals surface area contributed by atoms with E-state index in [0.29, 0.717) is 30.9 Å². The van der Waals surface area contributed by atoms with Crippen LogP contribution < -0.4 is 15.2 Å². The smallest absolute Gasteiger partial charge is 0.307 e. The second-order valence-corrected chi connectivity index (χ2v) is 7.08. The van der Waals surface area contributed by atoms with Gasteiger partial charge in [0.25, 0.3) is 0 Å². The minimum atomic E-state index is -0.879. The number of benzene rings is 3. The summed E-state index contributed by atoms with van der Waals surface area (Å²) < 4.78 is 12.1. The Hall–Kier alpha value is -3.31. The minimum absolute atomic E-state index is 0.0713. The molecule has 0 amide bonds. The van der Waals surface area contributed by atoms with E-state index in [-0.39, 0.29) is 12.5 Å². The minimum Gasteiger partial charge on any atom is -0.493 e. The Labute approximate surface area is 169 Å². The van der Waals surface area contributed by atoms with E-state index in [1.165, 1.54) is 0 Å². The molecular weight excluding hydrogens is 366 g/mol. The van der Waals surface area contributed by atoms with E-state index < -0.39 is 5.97 Å². The molecule has 1 aliphatic rings. The molecule has 148 valence electrons. The van der Waals surface area contributed by atoms with Crippen molar-refractivity contribution < 1.29 is 19.4 Å². The van der Waals surface area contributed by atoms with Gasteiger partial charge in [0.1, 0.15) is 17.6 Å². The van der Waals surface area contributed by atoms with Gasteiger partial charge in [-0.2, -0.15) is 0 Å². The third-order valence-electron chi connectivity index (χ3n) is 5.07. The van der Waals surface area contributed by atoms with Crippen LogP contribution in [0.2, 0.25) is 0 Å². The van der Waals surface area contributed by atoms with Crippen LogP contribution in [0.1, 0.15) is 29.2 Å². The number of rotatable bonds is 6. The highest BCUT2D eigenvalue weighted by molar-refractivity contribution is 5.71. The van der Waals surface area contributed by atoms with E-state index in [0.717, 1.165) is 28.0 Å². The lowest BCUT2D eigenvalue weighted by Crippen LogP contribution is -2.19. The Morgan fingerprint density at radius 2 is 1.90 bits per heavy atom. The van der Waals surface area contributed by atoms with Crippen molar-refractivity contribution in [2.24, 2.45) is 5.73 Å². The number of nitrogens with two attached hydrogens (primary N) is 1. The van der Waals surface area contributed by atoms with Crippen LogP contribution in [0, 0.1) is 0 Å². The third-order valence-corrected chi connectivity index (χ3v) is 5.07. The number of carboxylic acid groups (broad SMARTS) is 1. The van der Waals surface area contributed by atoms with Gasteiger partial charge in [-0.1, -0.05) is 42.5 Å². The fraction of sp³-hybridized carbons (Fsp3) is 0.208. The molecule has 0 saturated carbocycles. The van der Waals surface area contributed by atoms with Crippen LogP contribution in [0.25, 0.3) is 11.1 Å². The number of para-hydroxylation sites is 1. The highest BCUT2D eigenvalue weighted by Crippen LogP contribution is 2.38. The molecule has 1 heterocycles. The average Bonchev–Trinajstić information content (AvgIpc) is 2.75. The van der Waals surface area contributed by atoms with Gasteiger partial charge in [-0.3, -0.25) is 4.79 Å². The maximum atomic E-state index is 11.2. The van der Waals surface area contributed by atoms with Crippen LogP contribution in [0.15, 0.2) is 66.7 Å². The number of fused-ring (bicyclic) bond motifs is 1. The lowest BCUT2D eigenvalue weighted by Gasteiger charge is -2.28. The van der Waals surface area contributed by atoms with Crippen LogP contribution in [0.4, 0.5) is 0 Å². The molecular formula is C24H23NO4. The van der Waals surface area contributed by atoms with Crippen molar-refractivity contribution in [2.45, 2.75) is 25.5 Å². The van der Waals surface area contributed by atoms with E-state index in [4.69, 9.17) is 15.2 Å². The van der Waals surface area contributed by atoms with E-state index in [2.05, 4.69) is 18.2 Å². The summed E-state index contributed by atoms with van der Waals surface area (Å²) in [5, 5.41) is 9.18. The molecule has 5 heteroatoms. The molecule has 0 radical (unpaired) electrons. The van der Waals surface area contributed by atoms with Crippen molar-refractivity contribution in [3.63, 3.8) is 0 Å². The van der Waals surface area contributed by atoms with E-state index >= 15 is 0 Å². The van der Waals surface area contributed by atoms with Gasteiger partial charge in [0.05, 0.1) is 13.0 Å². The molecule has 0 spiro atoms. The van der Waals surface area contributed by atoms with Crippen LogP contribution in [0.3, 0.4) is 0 Å². The summed E-state index contributed by atoms with van der Waals surface area (Å²) in [4.78, 5) is 11.2. The largest absolute Gasteiger partial charge is 0.493 e. The zero-order chi connectivity index (χ0) is 20.2. The van der Waals surface area contributed by atoms with Gasteiger partial charge < -0.3 is 20.3 Å². The first-order valence-corrected chi connectivity index (χ1v) is 9.66. The first-order valence-electron chi connectivity index (χ1n) is 9.66. The molecule has 0 saturated heterocycles. The van der Waals surface area contributed by atoms with Gasteiger partial charge in [0.2, 0.25) is 0 Å². The summed E-state index contributed by atoms with van der Waals surface area (Å²) in [6, 6.07) is 21.6. The summed E-state index contributed by atoms with van der Waals surface area (Å²) in [6.07, 6.45) is 0.421. The quantitative estimate of drug-likeness (QED) is 0.655. The molecule has 3 aromatic carbocycles. The predicted molar refractivity (Wildman–Crippen MR) is 111 cm³/mol. The van der Waals surface area contributed by atoms with Crippen molar-refractivity contribution >= 4 is 5.97 Å². The van der Waals surface area contributed by atoms with Crippen LogP contribution in [-0.2, 0) is 17.8 Å². The molecule has 3 aromatic rings. The highest BCUT2D eigenvalue weighted by atomic mass is 16.5. The van der Waals surface area contributed by atoms with Gasteiger partial charge in [0, 0.05) is 24.1 Å². The Kier molecular flexibility index (Phi) is 5.49. The molecule has 3 N–H and O–H groups in total. The van der Waals surface area contributed by atoms with Gasteiger partial charge in [-0.25, -0.2) is 0 Å². The first-order chi connectivity index (χ1) is 14.1. The number of carboxylic acids is 1. The second kappa shape index (κ2) is 8.37. The summed E-state index contributed by atoms with van der Waals surface area (Å²) in [5.41, 5.74) is 10.7. The summed E-state index contributed by atoms with van der Waals surface area (Å²) in [7, 11) is 0. The molecule has 0 aromatic heterocycles. The van der Waals surface area contributed by atoms with Crippen molar-refractivity contribution in [2.75, 3.05) is 6.61 Å². The second-order valence-electron chi connectivity index (χ2n) is 7.08. The standard InChI is InChI=1S/C24H23NO4/c25-15-16-4-3-6-17(12-16)18-8-9-22-20(13-18)23(10-11-28-22)29-21-7-2-1-5-19(21)14-24(26)27/h1-9,12-13,23H,10-11,14-15,25H2,(H,26,27). The molecule has 0 bridgehead atoms. The zero-order valence-electron chi connectivity index (χ0n) is 16.0. The molecule has 29 heavy (non-hydrogen) atoms. The Morgan fingerprint density at radius 1 is 1.07 bits per heavy atom. The average molecular weight is 389 g/mol. The monoisotopic (exact) mass is 389 g/mol. The maximum Gasteiger partial charge on any atom is 0.307 e. The maximum absolute atomic E-state index is 11.2. The van der Waals surface area contributed by atoms with Crippen molar-refractivity contribution in [1.82, 2.24) is 0 Å². The number of carbonyl (C=O) groups is 1. The molecule has 4 rings (SSSR count). The normalized spacial score (nSPS) is 15.3. The lowest BCUT2D eigenvalue weighted by molar-refractivity contribution is -0.136. The first kappa shape index (κ1) is 19.0. The van der Waals surface area contributed by atoms with Crippen molar-refractivity contribution in [1.29, 1.82) is 0 Å². The van der Waals surface area contributed by atoms with Crippen LogP contribution in [0.5, 0.6) is 11.5 Å². The molecule has 0 aliphatic carbocycles. The Balaban J connectivity index is 1.67. The van der Waals surface area contributed by atoms with E-state index in [9.17, 15) is 9.90 Å². The molecule has 0 fully saturated rings. The predicted octanol–water partition coefficient (Wildman–Crippen LogP) is 4.34. The fourth-order valence-electron chi connectivity index (χ4n) is 3.62. The number of aliphatic carboxylic acids is 1. The van der Waals surface area contributed by atoms with Gasteiger partial charge >= 0.3 is 5.97 Å². The van der Waals surface area contributed by atoms with Gasteiger partial charge in [-0.05, 0) is 41.0 Å². The van der Waals surface area contributed by atoms with E-state index in [1.807, 2.05) is 42.5 Å². The summed E-state index contributed by atoms with van der Waals surface area (Å²) >= 11 is 0. The molecule has 1 unspecified atom stereocenters. The fourth-order valence-corrected chi connectivity index (χ4v) is 3.62. The van der Waals surface area contributed by atoms with Crippen molar-refractivity contribution in [3.8, 4) is 22.6 Å². The molecule has 1 aliphatic heterocycles. The summed E-state index contributed by atoms with van der Waals surface area (Å²) in [6.45, 7) is 1.05. The van der Waals surface area contributed by atoms with Crippen molar-refractivity contribution in [3.05, 3.63) is 83.4 Å². The topological polar surface area (TPSA) is 81.8 Å². The van der Waals surface area contributed by atoms with Gasteiger partial charge in [0.15, 0.2) is 0 Å². The lowest BCUT2D eigenvalue weighted by atomic mass is 9.96. The highest BCUT2D eigenvalue weighted by Gasteiger charge is 2.25. The summed E-state index contributed by atoms with van der Waals surface area (Å²) in [5.74, 6) is 0.523. The Morgan fingerprint density at radius 3 is 2.72 bits per heavy atom. The Bertz CT molecular complexity index is 1030. The van der Waals surface area contributed by atoms with Crippen LogP contribution in [-0.4, -0.2) is 17.7 Å². The zero-order valence-corrected chi connectivity index (χ0v) is 16.0.